The van der Waals surface area contributed by atoms with Gasteiger partial charge in [-0.05, 0) is 42.3 Å². The number of aryl methyl sites for hydroxylation is 1. The van der Waals surface area contributed by atoms with Crippen LogP contribution in [0.2, 0.25) is 0 Å². The van der Waals surface area contributed by atoms with E-state index >= 15 is 0 Å². The molecule has 34 heavy (non-hydrogen) atoms. The highest BCUT2D eigenvalue weighted by Gasteiger charge is 2.24. The van der Waals surface area contributed by atoms with Gasteiger partial charge in [0, 0.05) is 16.2 Å². The van der Waals surface area contributed by atoms with Crippen LogP contribution in [0.5, 0.6) is 0 Å². The molecule has 0 unspecified atom stereocenters. The zero-order valence-corrected chi connectivity index (χ0v) is 19.6. The summed E-state index contributed by atoms with van der Waals surface area (Å²) < 4.78 is 40.8. The Kier molecular flexibility index (Phi) is 5.49. The van der Waals surface area contributed by atoms with Crippen LogP contribution in [-0.4, -0.2) is 21.0 Å². The minimum Gasteiger partial charge on any atom is -0.462 e. The van der Waals surface area contributed by atoms with Crippen molar-refractivity contribution in [2.45, 2.75) is 25.2 Å². The summed E-state index contributed by atoms with van der Waals surface area (Å²) in [7, 11) is -3.90. The summed E-state index contributed by atoms with van der Waals surface area (Å²) in [5.41, 5.74) is 1.19. The van der Waals surface area contributed by atoms with Crippen LogP contribution >= 0.6 is 0 Å². The first-order valence-corrected chi connectivity index (χ1v) is 12.5. The van der Waals surface area contributed by atoms with E-state index in [2.05, 4.69) is 4.72 Å². The molecule has 1 N–H and O–H groups in total. The van der Waals surface area contributed by atoms with E-state index in [1.165, 1.54) is 0 Å². The van der Waals surface area contributed by atoms with Gasteiger partial charge in [0.1, 0.15) is 16.9 Å². The molecule has 0 bridgehead atoms. The second-order valence-corrected chi connectivity index (χ2v) is 9.81. The van der Waals surface area contributed by atoms with Crippen LogP contribution in [0.15, 0.2) is 82.1 Å². The fourth-order valence-corrected chi connectivity index (χ4v) is 5.29. The fraction of sp³-hybridized carbons (Fsp3) is 0.148. The largest absolute Gasteiger partial charge is 0.462 e. The molecule has 6 nitrogen and oxygen atoms in total. The van der Waals surface area contributed by atoms with E-state index in [-0.39, 0.29) is 4.90 Å². The van der Waals surface area contributed by atoms with Gasteiger partial charge in [-0.15, -0.1) is 0 Å². The number of rotatable bonds is 6. The zero-order valence-electron chi connectivity index (χ0n) is 18.8. The normalized spacial score (nSPS) is 11.8. The summed E-state index contributed by atoms with van der Waals surface area (Å²) in [6.07, 6.45) is 0.695. The molecule has 7 heteroatoms. The summed E-state index contributed by atoms with van der Waals surface area (Å²) in [4.78, 5) is 12.9. The molecular weight excluding hydrogens is 450 g/mol. The van der Waals surface area contributed by atoms with Crippen molar-refractivity contribution < 1.29 is 22.4 Å². The Labute approximate surface area is 197 Å². The topological polar surface area (TPSA) is 85.6 Å². The number of hydrogen-bond donors (Lipinski definition) is 1. The zero-order chi connectivity index (χ0) is 23.9. The molecule has 0 saturated carbocycles. The highest BCUT2D eigenvalue weighted by Crippen LogP contribution is 2.37. The maximum Gasteiger partial charge on any atom is 0.342 e. The van der Waals surface area contributed by atoms with Gasteiger partial charge < -0.3 is 9.15 Å². The van der Waals surface area contributed by atoms with Gasteiger partial charge in [-0.3, -0.25) is 4.72 Å². The molecule has 0 saturated heterocycles. The van der Waals surface area contributed by atoms with Crippen molar-refractivity contribution in [1.82, 2.24) is 0 Å². The summed E-state index contributed by atoms with van der Waals surface area (Å²) in [5.74, 6) is -0.0625. The van der Waals surface area contributed by atoms with Crippen LogP contribution in [0.1, 0.15) is 29.5 Å². The van der Waals surface area contributed by atoms with E-state index in [9.17, 15) is 13.2 Å². The van der Waals surface area contributed by atoms with Crippen molar-refractivity contribution in [2.24, 2.45) is 0 Å². The molecule has 0 aliphatic rings. The molecule has 0 fully saturated rings. The molecule has 0 radical (unpaired) electrons. The molecular formula is C27H23NO5S. The molecule has 4 aromatic carbocycles. The van der Waals surface area contributed by atoms with Gasteiger partial charge in [0.05, 0.1) is 17.2 Å². The predicted octanol–water partition coefficient (Wildman–Crippen LogP) is 6.42. The maximum absolute atomic E-state index is 13.4. The number of furan rings is 1. The number of nitrogens with one attached hydrogen (secondary N) is 1. The Bertz CT molecular complexity index is 1670. The van der Waals surface area contributed by atoms with Crippen LogP contribution in [0.3, 0.4) is 0 Å². The van der Waals surface area contributed by atoms with E-state index < -0.39 is 16.0 Å². The van der Waals surface area contributed by atoms with Crippen LogP contribution in [0.4, 0.5) is 5.69 Å². The summed E-state index contributed by atoms with van der Waals surface area (Å²) in [6.45, 7) is 3.91. The van der Waals surface area contributed by atoms with Crippen LogP contribution in [-0.2, 0) is 14.8 Å². The Morgan fingerprint density at radius 2 is 1.62 bits per heavy atom. The first-order valence-electron chi connectivity index (χ1n) is 11.0. The number of hydrogen-bond acceptors (Lipinski definition) is 5. The smallest absolute Gasteiger partial charge is 0.342 e. The Morgan fingerprint density at radius 1 is 0.912 bits per heavy atom. The number of anilines is 1. The monoisotopic (exact) mass is 473 g/mol. The van der Waals surface area contributed by atoms with E-state index in [4.69, 9.17) is 9.15 Å². The van der Waals surface area contributed by atoms with Crippen molar-refractivity contribution in [3.8, 4) is 0 Å². The molecule has 5 aromatic rings. The van der Waals surface area contributed by atoms with Gasteiger partial charge in [-0.25, -0.2) is 13.2 Å². The number of carbonyl (C=O) groups is 1. The second kappa shape index (κ2) is 8.50. The first kappa shape index (κ1) is 22.0. The molecule has 0 amide bonds. The average Bonchev–Trinajstić information content (AvgIpc) is 3.18. The van der Waals surface area contributed by atoms with Crippen molar-refractivity contribution in [1.29, 1.82) is 0 Å². The fourth-order valence-electron chi connectivity index (χ4n) is 4.18. The standard InChI is InChI=1S/C27H23NO5S/c1-3-14-32-27(29)25-17(2)33-26-22-11-7-6-10-21(22)24(16-23(25)26)28-34(30,31)20-13-12-18-8-4-5-9-19(18)15-20/h4-13,15-16,28H,3,14H2,1-2H3. The van der Waals surface area contributed by atoms with Crippen molar-refractivity contribution in [3.05, 3.63) is 84.1 Å². The van der Waals surface area contributed by atoms with Gasteiger partial charge >= 0.3 is 5.97 Å². The lowest BCUT2D eigenvalue weighted by Crippen LogP contribution is -2.13. The molecule has 0 spiro atoms. The average molecular weight is 474 g/mol. The van der Waals surface area contributed by atoms with Crippen LogP contribution in [0.25, 0.3) is 32.5 Å². The SMILES string of the molecule is CCCOC(=O)c1c(C)oc2c1cc(NS(=O)(=O)c1ccc3ccccc3c1)c1ccccc12. The third-order valence-electron chi connectivity index (χ3n) is 5.79. The molecule has 1 heterocycles. The number of carbonyl (C=O) groups excluding carboxylic acids is 1. The Morgan fingerprint density at radius 3 is 2.38 bits per heavy atom. The lowest BCUT2D eigenvalue weighted by molar-refractivity contribution is 0.0505. The summed E-state index contributed by atoms with van der Waals surface area (Å²) in [6, 6.07) is 21.6. The molecule has 0 aliphatic carbocycles. The quantitative estimate of drug-likeness (QED) is 0.288. The van der Waals surface area contributed by atoms with E-state index in [0.29, 0.717) is 51.8 Å². The minimum absolute atomic E-state index is 0.154. The van der Waals surface area contributed by atoms with E-state index in [1.807, 2.05) is 55.5 Å². The van der Waals surface area contributed by atoms with Crippen molar-refractivity contribution >= 4 is 54.2 Å². The van der Waals surface area contributed by atoms with Crippen LogP contribution in [0, 0.1) is 6.92 Å². The highest BCUT2D eigenvalue weighted by molar-refractivity contribution is 7.92. The van der Waals surface area contributed by atoms with Crippen molar-refractivity contribution in [3.63, 3.8) is 0 Å². The second-order valence-electron chi connectivity index (χ2n) is 8.13. The van der Waals surface area contributed by atoms with Gasteiger partial charge in [-0.1, -0.05) is 61.5 Å². The number of sulfonamides is 1. The Hall–Kier alpha value is -3.84. The van der Waals surface area contributed by atoms with Gasteiger partial charge in [-0.2, -0.15) is 0 Å². The minimum atomic E-state index is -3.90. The van der Waals surface area contributed by atoms with E-state index in [1.54, 1.807) is 31.2 Å². The van der Waals surface area contributed by atoms with Crippen LogP contribution < -0.4 is 4.72 Å². The Balaban J connectivity index is 1.66. The number of benzene rings is 4. The maximum atomic E-state index is 13.4. The lowest BCUT2D eigenvalue weighted by Gasteiger charge is -2.12. The number of ether oxygens (including phenoxy) is 1. The molecule has 172 valence electrons. The van der Waals surface area contributed by atoms with E-state index in [0.717, 1.165) is 10.8 Å². The van der Waals surface area contributed by atoms with Gasteiger partial charge in [0.15, 0.2) is 0 Å². The third-order valence-corrected chi connectivity index (χ3v) is 7.15. The lowest BCUT2D eigenvalue weighted by atomic mass is 10.0. The molecule has 5 rings (SSSR count). The molecule has 0 atom stereocenters. The third kappa shape index (κ3) is 3.78. The van der Waals surface area contributed by atoms with Crippen molar-refractivity contribution in [2.75, 3.05) is 11.3 Å². The summed E-state index contributed by atoms with van der Waals surface area (Å²) in [5, 5.41) is 3.67. The highest BCUT2D eigenvalue weighted by atomic mass is 32.2. The van der Waals surface area contributed by atoms with Gasteiger partial charge in [0.2, 0.25) is 0 Å². The first-order chi connectivity index (χ1) is 16.4. The molecule has 1 aromatic heterocycles. The number of esters is 1. The van der Waals surface area contributed by atoms with Gasteiger partial charge in [0.25, 0.3) is 10.0 Å². The summed E-state index contributed by atoms with van der Waals surface area (Å²) >= 11 is 0. The number of fused-ring (bicyclic) bond motifs is 4. The molecule has 0 aliphatic heterocycles. The predicted molar refractivity (Wildman–Crippen MR) is 134 cm³/mol.